The molecule has 0 saturated heterocycles. The molecule has 0 heterocycles. The molecule has 1 amide bonds. The second-order valence-electron chi connectivity index (χ2n) is 5.70. The zero-order chi connectivity index (χ0) is 15.2. The lowest BCUT2D eigenvalue weighted by atomic mass is 10.0. The Morgan fingerprint density at radius 3 is 2.21 bits per heavy atom. The van der Waals surface area contributed by atoms with E-state index >= 15 is 0 Å². The van der Waals surface area contributed by atoms with Crippen molar-refractivity contribution in [3.8, 4) is 0 Å². The molecule has 0 saturated carbocycles. The van der Waals surface area contributed by atoms with Crippen molar-refractivity contribution in [1.82, 2.24) is 4.90 Å². The minimum absolute atomic E-state index is 0.0742. The molecule has 0 aromatic heterocycles. The second kappa shape index (κ2) is 7.16. The molecular weight excluding hydrogens is 246 g/mol. The predicted octanol–water partition coefficient (Wildman–Crippen LogP) is 2.61. The van der Waals surface area contributed by atoms with Crippen molar-refractivity contribution in [3.63, 3.8) is 0 Å². The molecule has 0 aromatic carbocycles. The number of rotatable bonds is 5. The number of nitrogens with zero attached hydrogens (tertiary/aromatic N) is 1. The third kappa shape index (κ3) is 6.27. The van der Waals surface area contributed by atoms with Gasteiger partial charge in [0.25, 0.3) is 0 Å². The molecule has 0 N–H and O–H groups in total. The number of carbonyl (C=O) groups excluding carboxylic acids is 2. The predicted molar refractivity (Wildman–Crippen MR) is 73.8 cm³/mol. The van der Waals surface area contributed by atoms with Crippen LogP contribution < -0.4 is 0 Å². The zero-order valence-corrected chi connectivity index (χ0v) is 12.7. The van der Waals surface area contributed by atoms with Gasteiger partial charge in [0.1, 0.15) is 18.2 Å². The summed E-state index contributed by atoms with van der Waals surface area (Å²) in [6, 6.07) is -0.671. The lowest BCUT2D eigenvalue weighted by molar-refractivity contribution is -0.149. The summed E-state index contributed by atoms with van der Waals surface area (Å²) in [5.41, 5.74) is -0.599. The van der Waals surface area contributed by atoms with Gasteiger partial charge in [-0.1, -0.05) is 26.5 Å². The third-order valence-corrected chi connectivity index (χ3v) is 2.32. The summed E-state index contributed by atoms with van der Waals surface area (Å²) in [5, 5.41) is 0. The first kappa shape index (κ1) is 17.5. The van der Waals surface area contributed by atoms with Gasteiger partial charge >= 0.3 is 12.1 Å². The molecular formula is C14H25NO4. The second-order valence-corrected chi connectivity index (χ2v) is 5.70. The number of ether oxygens (including phenoxy) is 2. The van der Waals surface area contributed by atoms with E-state index in [1.807, 2.05) is 13.8 Å². The van der Waals surface area contributed by atoms with E-state index in [1.165, 1.54) is 18.0 Å². The Bertz CT molecular complexity index is 331. The summed E-state index contributed by atoms with van der Waals surface area (Å²) in [6.07, 6.45) is 0.949. The van der Waals surface area contributed by atoms with Crippen molar-refractivity contribution in [2.75, 3.05) is 13.7 Å². The number of amides is 1. The molecule has 0 aliphatic rings. The van der Waals surface area contributed by atoms with Crippen LogP contribution in [0.1, 0.15) is 34.6 Å². The minimum atomic E-state index is -0.671. The van der Waals surface area contributed by atoms with Crippen LogP contribution in [0.2, 0.25) is 0 Å². The highest BCUT2D eigenvalue weighted by Crippen LogP contribution is 2.16. The fraction of sp³-hybridized carbons (Fsp3) is 0.714. The maximum absolute atomic E-state index is 12.0. The topological polar surface area (TPSA) is 55.8 Å². The van der Waals surface area contributed by atoms with Crippen LogP contribution in [0.15, 0.2) is 12.7 Å². The molecule has 5 heteroatoms. The molecule has 0 bridgehead atoms. The first-order chi connectivity index (χ1) is 8.60. The average molecular weight is 271 g/mol. The van der Waals surface area contributed by atoms with Gasteiger partial charge < -0.3 is 9.47 Å². The Balaban J connectivity index is 4.83. The van der Waals surface area contributed by atoms with Crippen molar-refractivity contribution in [2.24, 2.45) is 5.92 Å². The van der Waals surface area contributed by atoms with Crippen molar-refractivity contribution < 1.29 is 19.1 Å². The largest absolute Gasteiger partial charge is 0.460 e. The standard InChI is InChI=1S/C14H25NO4/c1-8-9-18-12(16)11(10(2)3)15(7)13(17)19-14(4,5)6/h8,10-11H,1,9H2,2-7H3/t11-/m1/s1. The first-order valence-electron chi connectivity index (χ1n) is 6.33. The molecule has 0 aliphatic heterocycles. The molecule has 0 unspecified atom stereocenters. The highest BCUT2D eigenvalue weighted by Gasteiger charge is 2.33. The number of hydrogen-bond donors (Lipinski definition) is 0. The summed E-state index contributed by atoms with van der Waals surface area (Å²) in [5.74, 6) is -0.530. The van der Waals surface area contributed by atoms with Gasteiger partial charge in [-0.3, -0.25) is 4.90 Å². The van der Waals surface area contributed by atoms with Crippen LogP contribution in [0, 0.1) is 5.92 Å². The van der Waals surface area contributed by atoms with Crippen molar-refractivity contribution in [2.45, 2.75) is 46.3 Å². The SMILES string of the molecule is C=CCOC(=O)[C@@H](C(C)C)N(C)C(=O)OC(C)(C)C. The Labute approximate surface area is 115 Å². The molecule has 19 heavy (non-hydrogen) atoms. The Morgan fingerprint density at radius 2 is 1.84 bits per heavy atom. The van der Waals surface area contributed by atoms with E-state index in [0.717, 1.165) is 0 Å². The van der Waals surface area contributed by atoms with Gasteiger partial charge in [0.15, 0.2) is 0 Å². The van der Waals surface area contributed by atoms with Crippen LogP contribution in [-0.2, 0) is 14.3 Å². The normalized spacial score (nSPS) is 12.8. The number of hydrogen-bond acceptors (Lipinski definition) is 4. The van der Waals surface area contributed by atoms with Crippen LogP contribution in [-0.4, -0.2) is 42.3 Å². The van der Waals surface area contributed by atoms with Crippen LogP contribution in [0.3, 0.4) is 0 Å². The van der Waals surface area contributed by atoms with Gasteiger partial charge in [0.05, 0.1) is 0 Å². The number of likely N-dealkylation sites (N-methyl/N-ethyl adjacent to an activating group) is 1. The molecule has 5 nitrogen and oxygen atoms in total. The van der Waals surface area contributed by atoms with E-state index in [1.54, 1.807) is 20.8 Å². The lowest BCUT2D eigenvalue weighted by Gasteiger charge is -2.31. The van der Waals surface area contributed by atoms with E-state index in [4.69, 9.17) is 9.47 Å². The molecule has 0 radical (unpaired) electrons. The maximum Gasteiger partial charge on any atom is 0.410 e. The summed E-state index contributed by atoms with van der Waals surface area (Å²) in [7, 11) is 1.54. The van der Waals surface area contributed by atoms with Gasteiger partial charge in [-0.15, -0.1) is 0 Å². The summed E-state index contributed by atoms with van der Waals surface area (Å²) < 4.78 is 10.3. The number of carbonyl (C=O) groups is 2. The summed E-state index contributed by atoms with van der Waals surface area (Å²) in [4.78, 5) is 25.2. The molecule has 0 fully saturated rings. The maximum atomic E-state index is 12.0. The fourth-order valence-electron chi connectivity index (χ4n) is 1.55. The van der Waals surface area contributed by atoms with E-state index in [0.29, 0.717) is 0 Å². The van der Waals surface area contributed by atoms with E-state index < -0.39 is 23.7 Å². The molecule has 0 rings (SSSR count). The molecule has 110 valence electrons. The molecule has 0 spiro atoms. The van der Waals surface area contributed by atoms with Crippen LogP contribution >= 0.6 is 0 Å². The van der Waals surface area contributed by atoms with E-state index in [9.17, 15) is 9.59 Å². The quantitative estimate of drug-likeness (QED) is 0.569. The highest BCUT2D eigenvalue weighted by molar-refractivity contribution is 5.81. The molecule has 0 aliphatic carbocycles. The van der Waals surface area contributed by atoms with E-state index in [-0.39, 0.29) is 12.5 Å². The summed E-state index contributed by atoms with van der Waals surface area (Å²) >= 11 is 0. The van der Waals surface area contributed by atoms with Gasteiger partial charge in [0.2, 0.25) is 0 Å². The summed E-state index contributed by atoms with van der Waals surface area (Å²) in [6.45, 7) is 12.6. The van der Waals surface area contributed by atoms with Gasteiger partial charge in [-0.25, -0.2) is 9.59 Å². The first-order valence-corrected chi connectivity index (χ1v) is 6.33. The van der Waals surface area contributed by atoms with Crippen LogP contribution in [0.4, 0.5) is 4.79 Å². The van der Waals surface area contributed by atoms with Crippen molar-refractivity contribution in [3.05, 3.63) is 12.7 Å². The average Bonchev–Trinajstić information content (AvgIpc) is 2.23. The van der Waals surface area contributed by atoms with Crippen LogP contribution in [0.5, 0.6) is 0 Å². The van der Waals surface area contributed by atoms with Crippen LogP contribution in [0.25, 0.3) is 0 Å². The monoisotopic (exact) mass is 271 g/mol. The smallest absolute Gasteiger partial charge is 0.410 e. The lowest BCUT2D eigenvalue weighted by Crippen LogP contribution is -2.48. The van der Waals surface area contributed by atoms with Crippen molar-refractivity contribution >= 4 is 12.1 Å². The Hall–Kier alpha value is -1.52. The molecule has 1 atom stereocenters. The van der Waals surface area contributed by atoms with Gasteiger partial charge in [0, 0.05) is 7.05 Å². The van der Waals surface area contributed by atoms with Gasteiger partial charge in [-0.05, 0) is 26.7 Å². The Kier molecular flexibility index (Phi) is 6.59. The van der Waals surface area contributed by atoms with Crippen molar-refractivity contribution in [1.29, 1.82) is 0 Å². The number of esters is 1. The molecule has 0 aromatic rings. The highest BCUT2D eigenvalue weighted by atomic mass is 16.6. The third-order valence-electron chi connectivity index (χ3n) is 2.32. The fourth-order valence-corrected chi connectivity index (χ4v) is 1.55. The Morgan fingerprint density at radius 1 is 1.32 bits per heavy atom. The van der Waals surface area contributed by atoms with Gasteiger partial charge in [-0.2, -0.15) is 0 Å². The zero-order valence-electron chi connectivity index (χ0n) is 12.7. The minimum Gasteiger partial charge on any atom is -0.460 e. The van der Waals surface area contributed by atoms with E-state index in [2.05, 4.69) is 6.58 Å².